The van der Waals surface area contributed by atoms with Gasteiger partial charge in [-0.2, -0.15) is 9.37 Å². The van der Waals surface area contributed by atoms with Crippen molar-refractivity contribution in [1.29, 1.82) is 0 Å². The van der Waals surface area contributed by atoms with Crippen LogP contribution >= 0.6 is 34.2 Å². The maximum absolute atomic E-state index is 13.4. The fraction of sp³-hybridized carbons (Fsp3) is 0. The lowest BCUT2D eigenvalue weighted by molar-refractivity contribution is 0.467. The predicted molar refractivity (Wildman–Crippen MR) is 71.6 cm³/mol. The number of pyridine rings is 1. The van der Waals surface area contributed by atoms with E-state index in [1.165, 1.54) is 0 Å². The van der Waals surface area contributed by atoms with Crippen LogP contribution in [-0.4, -0.2) is 4.98 Å². The molecule has 0 spiro atoms. The van der Waals surface area contributed by atoms with E-state index >= 15 is 0 Å². The van der Waals surface area contributed by atoms with E-state index in [0.717, 1.165) is 3.57 Å². The molecule has 0 bridgehead atoms. The van der Waals surface area contributed by atoms with Crippen LogP contribution in [0.4, 0.5) is 24.7 Å². The minimum Gasteiger partial charge on any atom is -0.336 e. The molecule has 2 rings (SSSR count). The van der Waals surface area contributed by atoms with Gasteiger partial charge in [-0.25, -0.2) is 8.78 Å². The summed E-state index contributed by atoms with van der Waals surface area (Å²) in [6.45, 7) is 0. The molecular weight excluding hydrogens is 379 g/mol. The monoisotopic (exact) mass is 384 g/mol. The van der Waals surface area contributed by atoms with Gasteiger partial charge in [0.2, 0.25) is 0 Å². The van der Waals surface area contributed by atoms with Crippen molar-refractivity contribution in [3.05, 3.63) is 50.4 Å². The molecule has 0 saturated carbocycles. The first-order valence-corrected chi connectivity index (χ1v) is 6.16. The largest absolute Gasteiger partial charge is 0.336 e. The molecule has 7 heteroatoms. The van der Waals surface area contributed by atoms with Gasteiger partial charge < -0.3 is 5.32 Å². The average molecular weight is 385 g/mol. The van der Waals surface area contributed by atoms with E-state index in [0.29, 0.717) is 16.8 Å². The number of rotatable bonds is 2. The van der Waals surface area contributed by atoms with E-state index in [4.69, 9.17) is 11.6 Å². The fourth-order valence-corrected chi connectivity index (χ4v) is 2.15. The summed E-state index contributed by atoms with van der Waals surface area (Å²) in [4.78, 5) is 3.14. The van der Waals surface area contributed by atoms with Gasteiger partial charge in [0.25, 0.3) is 5.95 Å². The van der Waals surface area contributed by atoms with E-state index in [2.05, 4.69) is 32.9 Å². The Labute approximate surface area is 119 Å². The van der Waals surface area contributed by atoms with Gasteiger partial charge in [-0.1, -0.05) is 11.6 Å². The summed E-state index contributed by atoms with van der Waals surface area (Å²) >= 11 is 7.98. The van der Waals surface area contributed by atoms with E-state index in [9.17, 15) is 13.2 Å². The molecule has 1 N–H and O–H groups in total. The number of nitrogens with zero attached hydrogens (tertiary/aromatic N) is 1. The first kappa shape index (κ1) is 13.4. The molecule has 0 aliphatic carbocycles. The molecule has 94 valence electrons. The molecule has 0 atom stereocenters. The molecule has 1 aromatic heterocycles. The molecule has 1 heterocycles. The Balaban J connectivity index is 2.37. The standard InChI is InChI=1S/C11H5ClF3IN2/c12-6-3-5(16)1-2-9(6)17-11-8(14)4-7(13)10(15)18-11/h1-4H,(H,17,18). The number of anilines is 2. The predicted octanol–water partition coefficient (Wildman–Crippen LogP) is 4.50. The van der Waals surface area contributed by atoms with Gasteiger partial charge >= 0.3 is 0 Å². The third kappa shape index (κ3) is 2.86. The van der Waals surface area contributed by atoms with E-state index in [1.807, 2.05) is 0 Å². The molecule has 0 aliphatic rings. The highest BCUT2D eigenvalue weighted by Crippen LogP contribution is 2.27. The summed E-state index contributed by atoms with van der Waals surface area (Å²) in [6, 6.07) is 5.38. The average Bonchev–Trinajstić information content (AvgIpc) is 2.29. The summed E-state index contributed by atoms with van der Waals surface area (Å²) in [5, 5.41) is 2.83. The molecule has 1 aromatic carbocycles. The summed E-state index contributed by atoms with van der Waals surface area (Å²) in [6.07, 6.45) is 0. The maximum atomic E-state index is 13.4. The molecule has 2 aromatic rings. The van der Waals surface area contributed by atoms with Gasteiger partial charge in [-0.15, -0.1) is 0 Å². The molecule has 0 unspecified atom stereocenters. The Morgan fingerprint density at radius 2 is 1.83 bits per heavy atom. The van der Waals surface area contributed by atoms with Crippen LogP contribution < -0.4 is 5.32 Å². The lowest BCUT2D eigenvalue weighted by Gasteiger charge is -2.09. The number of halogens is 5. The second-order valence-electron chi connectivity index (χ2n) is 3.34. The molecule has 2 nitrogen and oxygen atoms in total. The zero-order valence-corrected chi connectivity index (χ0v) is 11.6. The first-order valence-electron chi connectivity index (χ1n) is 4.71. The summed E-state index contributed by atoms with van der Waals surface area (Å²) in [7, 11) is 0. The Bertz CT molecular complexity index is 607. The van der Waals surface area contributed by atoms with E-state index < -0.39 is 23.4 Å². The highest BCUT2D eigenvalue weighted by molar-refractivity contribution is 14.1. The zero-order chi connectivity index (χ0) is 13.3. The van der Waals surface area contributed by atoms with Crippen LogP contribution in [0.5, 0.6) is 0 Å². The topological polar surface area (TPSA) is 24.9 Å². The second kappa shape index (κ2) is 5.31. The molecule has 0 fully saturated rings. The number of hydrogen-bond acceptors (Lipinski definition) is 2. The quantitative estimate of drug-likeness (QED) is 0.609. The van der Waals surface area contributed by atoms with Gasteiger partial charge in [-0.05, 0) is 40.8 Å². The SMILES string of the molecule is Fc1cc(F)c(Nc2ccc(I)cc2Cl)nc1F. The van der Waals surface area contributed by atoms with E-state index in [-0.39, 0.29) is 0 Å². The summed E-state index contributed by atoms with van der Waals surface area (Å²) in [5.41, 5.74) is 0.356. The Morgan fingerprint density at radius 3 is 2.50 bits per heavy atom. The van der Waals surface area contributed by atoms with Gasteiger partial charge in [0.05, 0.1) is 10.7 Å². The van der Waals surface area contributed by atoms with E-state index in [1.54, 1.807) is 18.2 Å². The van der Waals surface area contributed by atoms with Gasteiger partial charge in [-0.3, -0.25) is 0 Å². The van der Waals surface area contributed by atoms with Crippen molar-refractivity contribution < 1.29 is 13.2 Å². The van der Waals surface area contributed by atoms with Crippen LogP contribution in [0.2, 0.25) is 5.02 Å². The molecular formula is C11H5ClF3IN2. The van der Waals surface area contributed by atoms with Gasteiger partial charge in [0.15, 0.2) is 17.5 Å². The van der Waals surface area contributed by atoms with Crippen LogP contribution in [0.3, 0.4) is 0 Å². The minimum absolute atomic E-state index is 0.327. The normalized spacial score (nSPS) is 10.5. The third-order valence-electron chi connectivity index (χ3n) is 2.07. The van der Waals surface area contributed by atoms with Gasteiger partial charge in [0.1, 0.15) is 0 Å². The van der Waals surface area contributed by atoms with Crippen molar-refractivity contribution in [2.24, 2.45) is 0 Å². The fourth-order valence-electron chi connectivity index (χ4n) is 1.25. The molecule has 0 radical (unpaired) electrons. The maximum Gasteiger partial charge on any atom is 0.251 e. The summed E-state index contributed by atoms with van der Waals surface area (Å²) in [5.74, 6) is -4.13. The molecule has 0 aliphatic heterocycles. The molecule has 0 amide bonds. The molecule has 18 heavy (non-hydrogen) atoms. The lowest BCUT2D eigenvalue weighted by atomic mass is 10.3. The van der Waals surface area contributed by atoms with Crippen LogP contribution in [0.25, 0.3) is 0 Å². The lowest BCUT2D eigenvalue weighted by Crippen LogP contribution is -2.02. The Morgan fingerprint density at radius 1 is 1.11 bits per heavy atom. The van der Waals surface area contributed by atoms with Crippen LogP contribution in [0.1, 0.15) is 0 Å². The van der Waals surface area contributed by atoms with Gasteiger partial charge in [0, 0.05) is 9.64 Å². The molecule has 0 saturated heterocycles. The highest BCUT2D eigenvalue weighted by Gasteiger charge is 2.12. The van der Waals surface area contributed by atoms with Crippen molar-refractivity contribution in [3.63, 3.8) is 0 Å². The van der Waals surface area contributed by atoms with Crippen LogP contribution in [0, 0.1) is 21.2 Å². The minimum atomic E-state index is -1.37. The summed E-state index contributed by atoms with van der Waals surface area (Å²) < 4.78 is 39.8. The smallest absolute Gasteiger partial charge is 0.251 e. The number of nitrogens with one attached hydrogen (secondary N) is 1. The second-order valence-corrected chi connectivity index (χ2v) is 4.99. The van der Waals surface area contributed by atoms with Crippen molar-refractivity contribution in [2.75, 3.05) is 5.32 Å². The zero-order valence-electron chi connectivity index (χ0n) is 8.65. The third-order valence-corrected chi connectivity index (χ3v) is 3.05. The highest BCUT2D eigenvalue weighted by atomic mass is 127. The number of aromatic nitrogens is 1. The number of hydrogen-bond donors (Lipinski definition) is 1. The van der Waals surface area contributed by atoms with Crippen molar-refractivity contribution in [2.45, 2.75) is 0 Å². The van der Waals surface area contributed by atoms with Crippen molar-refractivity contribution >= 4 is 45.7 Å². The number of benzene rings is 1. The Kier molecular flexibility index (Phi) is 3.96. The van der Waals surface area contributed by atoms with Crippen molar-refractivity contribution in [1.82, 2.24) is 4.98 Å². The van der Waals surface area contributed by atoms with Crippen molar-refractivity contribution in [3.8, 4) is 0 Å². The first-order chi connectivity index (χ1) is 8.47. The Hall–Kier alpha value is -1.02. The van der Waals surface area contributed by atoms with Crippen LogP contribution in [-0.2, 0) is 0 Å². The van der Waals surface area contributed by atoms with Crippen LogP contribution in [0.15, 0.2) is 24.3 Å².